The molecule has 0 aliphatic carbocycles. The summed E-state index contributed by atoms with van der Waals surface area (Å²) in [5.41, 5.74) is 2.94. The van der Waals surface area contributed by atoms with E-state index in [1.165, 1.54) is 20.2 Å². The Morgan fingerprint density at radius 3 is 2.61 bits per heavy atom. The largest absolute Gasteiger partial charge is 0.493 e. The molecule has 2 N–H and O–H groups in total. The number of hydrogen-bond donors (Lipinski definition) is 2. The molecule has 1 atom stereocenters. The molecule has 1 unspecified atom stereocenters. The van der Waals surface area contributed by atoms with Crippen LogP contribution in [-0.4, -0.2) is 37.6 Å². The van der Waals surface area contributed by atoms with Crippen molar-refractivity contribution in [1.29, 1.82) is 0 Å². The van der Waals surface area contributed by atoms with E-state index >= 15 is 0 Å². The fourth-order valence-electron chi connectivity index (χ4n) is 1.20. The molecule has 0 saturated carbocycles. The zero-order valence-corrected chi connectivity index (χ0v) is 10.5. The van der Waals surface area contributed by atoms with Crippen molar-refractivity contribution in [1.82, 2.24) is 5.43 Å². The van der Waals surface area contributed by atoms with Crippen LogP contribution in [0.15, 0.2) is 23.3 Å². The first-order valence-corrected chi connectivity index (χ1v) is 5.31. The molecule has 0 aromatic heterocycles. The summed E-state index contributed by atoms with van der Waals surface area (Å²) in [6.07, 6.45) is 0.356. The number of ether oxygens (including phenoxy) is 2. The van der Waals surface area contributed by atoms with Gasteiger partial charge in [0.05, 0.1) is 20.4 Å². The quantitative estimate of drug-likeness (QED) is 0.592. The lowest BCUT2D eigenvalue weighted by atomic mass is 10.2. The number of aliphatic hydroxyl groups is 1. The third kappa shape index (κ3) is 3.74. The third-order valence-electron chi connectivity index (χ3n) is 2.18. The van der Waals surface area contributed by atoms with E-state index in [1.807, 2.05) is 0 Å². The summed E-state index contributed by atoms with van der Waals surface area (Å²) >= 11 is 0. The fourth-order valence-corrected chi connectivity index (χ4v) is 1.20. The van der Waals surface area contributed by atoms with Gasteiger partial charge in [-0.1, -0.05) is 0 Å². The summed E-state index contributed by atoms with van der Waals surface area (Å²) < 4.78 is 10.2. The van der Waals surface area contributed by atoms with Gasteiger partial charge in [0, 0.05) is 0 Å². The summed E-state index contributed by atoms with van der Waals surface area (Å²) in [6.45, 7) is 1.36. The second kappa shape index (κ2) is 6.61. The van der Waals surface area contributed by atoms with Gasteiger partial charge in [0.1, 0.15) is 6.10 Å². The molecule has 0 radical (unpaired) electrons. The lowest BCUT2D eigenvalue weighted by Crippen LogP contribution is -2.28. The van der Waals surface area contributed by atoms with Gasteiger partial charge in [-0.05, 0) is 30.7 Å². The van der Waals surface area contributed by atoms with Gasteiger partial charge in [-0.15, -0.1) is 0 Å². The lowest BCUT2D eigenvalue weighted by molar-refractivity contribution is -0.128. The fraction of sp³-hybridized carbons (Fsp3) is 0.333. The Hall–Kier alpha value is -2.08. The molecule has 6 heteroatoms. The molecule has 1 aromatic carbocycles. The Balaban J connectivity index is 2.73. The summed E-state index contributed by atoms with van der Waals surface area (Å²) in [5, 5.41) is 12.7. The van der Waals surface area contributed by atoms with Crippen LogP contribution in [0, 0.1) is 0 Å². The van der Waals surface area contributed by atoms with Crippen molar-refractivity contribution in [2.45, 2.75) is 13.0 Å². The molecule has 1 aromatic rings. The lowest BCUT2D eigenvalue weighted by Gasteiger charge is -2.07. The van der Waals surface area contributed by atoms with Gasteiger partial charge >= 0.3 is 0 Å². The molecular weight excluding hydrogens is 236 g/mol. The first kappa shape index (κ1) is 14.0. The van der Waals surface area contributed by atoms with Crippen LogP contribution >= 0.6 is 0 Å². The number of methoxy groups -OCH3 is 2. The topological polar surface area (TPSA) is 80.2 Å². The van der Waals surface area contributed by atoms with Crippen molar-refractivity contribution in [3.63, 3.8) is 0 Å². The second-order valence-electron chi connectivity index (χ2n) is 3.52. The van der Waals surface area contributed by atoms with Crippen LogP contribution in [-0.2, 0) is 4.79 Å². The van der Waals surface area contributed by atoms with E-state index in [-0.39, 0.29) is 0 Å². The number of nitrogens with one attached hydrogen (secondary N) is 1. The van der Waals surface area contributed by atoms with E-state index in [2.05, 4.69) is 10.5 Å². The van der Waals surface area contributed by atoms with Crippen LogP contribution in [0.1, 0.15) is 12.5 Å². The number of carbonyl (C=O) groups is 1. The number of amides is 1. The van der Waals surface area contributed by atoms with Gasteiger partial charge in [-0.3, -0.25) is 4.79 Å². The minimum absolute atomic E-state index is 0.563. The molecule has 0 fully saturated rings. The Labute approximate surface area is 105 Å². The Morgan fingerprint density at radius 1 is 1.39 bits per heavy atom. The van der Waals surface area contributed by atoms with Crippen molar-refractivity contribution < 1.29 is 19.4 Å². The van der Waals surface area contributed by atoms with Crippen LogP contribution < -0.4 is 14.9 Å². The highest BCUT2D eigenvalue weighted by Crippen LogP contribution is 2.26. The number of nitrogens with zero attached hydrogens (tertiary/aromatic N) is 1. The van der Waals surface area contributed by atoms with E-state index in [0.717, 1.165) is 5.56 Å². The highest BCUT2D eigenvalue weighted by Gasteiger charge is 2.06. The molecule has 0 bridgehead atoms. The second-order valence-corrected chi connectivity index (χ2v) is 3.52. The number of aliphatic hydroxyl groups excluding tert-OH is 1. The van der Waals surface area contributed by atoms with Gasteiger partial charge < -0.3 is 14.6 Å². The minimum Gasteiger partial charge on any atom is -0.493 e. The average Bonchev–Trinajstić information content (AvgIpc) is 2.38. The zero-order chi connectivity index (χ0) is 13.5. The molecule has 0 aliphatic heterocycles. The number of hydrazone groups is 1. The van der Waals surface area contributed by atoms with Gasteiger partial charge in [0.15, 0.2) is 11.5 Å². The first-order chi connectivity index (χ1) is 8.58. The summed E-state index contributed by atoms with van der Waals surface area (Å²) in [7, 11) is 3.09. The van der Waals surface area contributed by atoms with Crippen molar-refractivity contribution in [3.05, 3.63) is 23.8 Å². The number of benzene rings is 1. The van der Waals surface area contributed by atoms with Crippen molar-refractivity contribution >= 4 is 12.1 Å². The van der Waals surface area contributed by atoms with E-state index in [4.69, 9.17) is 14.6 Å². The summed E-state index contributed by atoms with van der Waals surface area (Å²) in [6, 6.07) is 5.22. The van der Waals surface area contributed by atoms with E-state index in [1.54, 1.807) is 25.3 Å². The number of rotatable bonds is 5. The molecule has 18 heavy (non-hydrogen) atoms. The molecule has 1 amide bonds. The Morgan fingerprint density at radius 2 is 2.06 bits per heavy atom. The molecule has 0 spiro atoms. The van der Waals surface area contributed by atoms with Crippen molar-refractivity contribution in [2.75, 3.05) is 14.2 Å². The molecule has 0 saturated heterocycles. The normalized spacial score (nSPS) is 12.2. The van der Waals surface area contributed by atoms with Crippen molar-refractivity contribution in [2.24, 2.45) is 5.10 Å². The summed E-state index contributed by atoms with van der Waals surface area (Å²) in [5.74, 6) is 0.623. The maximum absolute atomic E-state index is 11.0. The average molecular weight is 252 g/mol. The van der Waals surface area contributed by atoms with E-state index in [0.29, 0.717) is 11.5 Å². The van der Waals surface area contributed by atoms with Gasteiger partial charge in [-0.25, -0.2) is 5.43 Å². The number of carbonyl (C=O) groups excluding carboxylic acids is 1. The minimum atomic E-state index is -1.09. The van der Waals surface area contributed by atoms with Crippen molar-refractivity contribution in [3.8, 4) is 11.5 Å². The van der Waals surface area contributed by atoms with Gasteiger partial charge in [0.2, 0.25) is 0 Å². The highest BCUT2D eigenvalue weighted by atomic mass is 16.5. The monoisotopic (exact) mass is 252 g/mol. The summed E-state index contributed by atoms with van der Waals surface area (Å²) in [4.78, 5) is 11.0. The Bertz CT molecular complexity index is 444. The molecule has 98 valence electrons. The predicted octanol–water partition coefficient (Wildman–Crippen LogP) is 0.535. The molecule has 1 rings (SSSR count). The molecular formula is C12H16N2O4. The molecule has 6 nitrogen and oxygen atoms in total. The van der Waals surface area contributed by atoms with Crippen LogP contribution in [0.4, 0.5) is 0 Å². The van der Waals surface area contributed by atoms with E-state index < -0.39 is 12.0 Å². The van der Waals surface area contributed by atoms with Crippen LogP contribution in [0.25, 0.3) is 0 Å². The molecule has 0 aliphatic rings. The highest BCUT2D eigenvalue weighted by molar-refractivity contribution is 5.84. The maximum Gasteiger partial charge on any atom is 0.268 e. The van der Waals surface area contributed by atoms with Gasteiger partial charge in [0.25, 0.3) is 5.91 Å². The number of hydrogen-bond acceptors (Lipinski definition) is 5. The van der Waals surface area contributed by atoms with Crippen LogP contribution in [0.2, 0.25) is 0 Å². The van der Waals surface area contributed by atoms with Crippen LogP contribution in [0.3, 0.4) is 0 Å². The SMILES string of the molecule is COc1ccc(C=NNC(=O)C(C)O)cc1OC. The smallest absolute Gasteiger partial charge is 0.268 e. The maximum atomic E-state index is 11.0. The van der Waals surface area contributed by atoms with Crippen LogP contribution in [0.5, 0.6) is 11.5 Å². The zero-order valence-electron chi connectivity index (χ0n) is 10.5. The predicted molar refractivity (Wildman–Crippen MR) is 67.0 cm³/mol. The third-order valence-corrected chi connectivity index (χ3v) is 2.18. The first-order valence-electron chi connectivity index (χ1n) is 5.31. The Kier molecular flexibility index (Phi) is 5.13. The standard InChI is InChI=1S/C12H16N2O4/c1-8(15)12(16)14-13-7-9-4-5-10(17-2)11(6-9)18-3/h4-8,15H,1-3H3,(H,14,16). The molecule has 0 heterocycles. The van der Waals surface area contributed by atoms with Gasteiger partial charge in [-0.2, -0.15) is 5.10 Å². The van der Waals surface area contributed by atoms with E-state index in [9.17, 15) is 4.79 Å².